The maximum atomic E-state index is 12.3. The van der Waals surface area contributed by atoms with Crippen molar-refractivity contribution in [3.05, 3.63) is 0 Å². The van der Waals surface area contributed by atoms with Gasteiger partial charge < -0.3 is 11.1 Å². The predicted octanol–water partition coefficient (Wildman–Crippen LogP) is 0.158. The van der Waals surface area contributed by atoms with E-state index in [9.17, 15) is 14.4 Å². The zero-order chi connectivity index (χ0) is 14.7. The molecule has 1 saturated heterocycles. The molecule has 6 heteroatoms. The van der Waals surface area contributed by atoms with Crippen LogP contribution in [0.3, 0.4) is 0 Å². The molecule has 112 valence electrons. The van der Waals surface area contributed by atoms with Crippen LogP contribution in [-0.2, 0) is 14.4 Å². The van der Waals surface area contributed by atoms with Crippen molar-refractivity contribution in [1.29, 1.82) is 0 Å². The summed E-state index contributed by atoms with van der Waals surface area (Å²) < 4.78 is 0. The number of hydrogen-bond acceptors (Lipinski definition) is 4. The van der Waals surface area contributed by atoms with Gasteiger partial charge in [0.15, 0.2) is 0 Å². The number of nitrogens with zero attached hydrogens (tertiary/aromatic N) is 1. The number of imide groups is 1. The second kappa shape index (κ2) is 6.35. The van der Waals surface area contributed by atoms with Crippen LogP contribution in [0.25, 0.3) is 0 Å². The lowest BCUT2D eigenvalue weighted by Crippen LogP contribution is -2.55. The Balaban J connectivity index is 1.96. The molecule has 2 fully saturated rings. The molecule has 0 radical (unpaired) electrons. The van der Waals surface area contributed by atoms with Crippen molar-refractivity contribution >= 4 is 17.7 Å². The summed E-state index contributed by atoms with van der Waals surface area (Å²) >= 11 is 0. The minimum atomic E-state index is -0.583. The maximum absolute atomic E-state index is 12.3. The first-order chi connectivity index (χ1) is 9.50. The average molecular weight is 281 g/mol. The van der Waals surface area contributed by atoms with Crippen LogP contribution in [-0.4, -0.2) is 41.8 Å². The molecule has 1 aliphatic carbocycles. The molecule has 3 atom stereocenters. The molecule has 1 aliphatic heterocycles. The third-order valence-electron chi connectivity index (χ3n) is 4.37. The first-order valence-corrected chi connectivity index (χ1v) is 7.37. The Morgan fingerprint density at radius 1 is 1.20 bits per heavy atom. The zero-order valence-corrected chi connectivity index (χ0v) is 11.9. The molecule has 0 aromatic rings. The first kappa shape index (κ1) is 15.0. The zero-order valence-electron chi connectivity index (χ0n) is 11.9. The van der Waals surface area contributed by atoms with E-state index in [1.165, 1.54) is 7.05 Å². The van der Waals surface area contributed by atoms with Crippen molar-refractivity contribution in [3.63, 3.8) is 0 Å². The van der Waals surface area contributed by atoms with Crippen LogP contribution in [0.5, 0.6) is 0 Å². The van der Waals surface area contributed by atoms with Crippen LogP contribution in [0, 0.1) is 5.92 Å². The number of nitrogens with one attached hydrogen (secondary N) is 1. The molecule has 2 rings (SSSR count). The minimum Gasteiger partial charge on any atom is -0.344 e. The molecule has 0 aromatic carbocycles. The van der Waals surface area contributed by atoms with Crippen LogP contribution in [0.15, 0.2) is 0 Å². The van der Waals surface area contributed by atoms with Crippen LogP contribution in [0.4, 0.5) is 0 Å². The highest BCUT2D eigenvalue weighted by atomic mass is 16.2. The number of rotatable bonds is 2. The molecular formula is C14H23N3O3. The normalized spacial score (nSPS) is 31.9. The third kappa shape index (κ3) is 3.17. The molecule has 0 aromatic heterocycles. The Morgan fingerprint density at radius 3 is 2.65 bits per heavy atom. The number of piperidine rings is 1. The summed E-state index contributed by atoms with van der Waals surface area (Å²) in [4.78, 5) is 36.8. The lowest BCUT2D eigenvalue weighted by atomic mass is 9.93. The van der Waals surface area contributed by atoms with E-state index >= 15 is 0 Å². The van der Waals surface area contributed by atoms with Gasteiger partial charge in [-0.25, -0.2) is 0 Å². The molecule has 3 N–H and O–H groups in total. The molecule has 3 amide bonds. The van der Waals surface area contributed by atoms with Gasteiger partial charge in [-0.05, 0) is 19.3 Å². The lowest BCUT2D eigenvalue weighted by Gasteiger charge is -2.30. The number of carbonyl (C=O) groups is 3. The fraction of sp³-hybridized carbons (Fsp3) is 0.786. The van der Waals surface area contributed by atoms with Crippen molar-refractivity contribution in [2.75, 3.05) is 7.05 Å². The first-order valence-electron chi connectivity index (χ1n) is 7.37. The van der Waals surface area contributed by atoms with E-state index in [0.717, 1.165) is 37.0 Å². The minimum absolute atomic E-state index is 0.129. The van der Waals surface area contributed by atoms with Crippen LogP contribution < -0.4 is 11.1 Å². The van der Waals surface area contributed by atoms with Gasteiger partial charge in [0.1, 0.15) is 6.04 Å². The van der Waals surface area contributed by atoms with Gasteiger partial charge in [0.2, 0.25) is 11.8 Å². The Morgan fingerprint density at radius 2 is 1.90 bits per heavy atom. The molecule has 3 unspecified atom stereocenters. The van der Waals surface area contributed by atoms with E-state index in [0.29, 0.717) is 12.8 Å². The quantitative estimate of drug-likeness (QED) is 0.557. The smallest absolute Gasteiger partial charge is 0.251 e. The molecule has 1 saturated carbocycles. The van der Waals surface area contributed by atoms with E-state index in [1.807, 2.05) is 0 Å². The summed E-state index contributed by atoms with van der Waals surface area (Å²) in [5.41, 5.74) is 6.06. The van der Waals surface area contributed by atoms with Crippen molar-refractivity contribution < 1.29 is 14.4 Å². The molecular weight excluding hydrogens is 258 g/mol. The van der Waals surface area contributed by atoms with Gasteiger partial charge in [0.25, 0.3) is 5.91 Å². The van der Waals surface area contributed by atoms with E-state index in [4.69, 9.17) is 5.73 Å². The van der Waals surface area contributed by atoms with Gasteiger partial charge in [-0.3, -0.25) is 19.3 Å². The number of hydrogen-bond donors (Lipinski definition) is 2. The van der Waals surface area contributed by atoms with E-state index in [1.54, 1.807) is 0 Å². The van der Waals surface area contributed by atoms with Gasteiger partial charge in [-0.1, -0.05) is 19.3 Å². The fourth-order valence-electron chi connectivity index (χ4n) is 2.99. The van der Waals surface area contributed by atoms with E-state index in [-0.39, 0.29) is 29.7 Å². The Hall–Kier alpha value is -1.43. The number of nitrogens with two attached hydrogens (primary N) is 1. The summed E-state index contributed by atoms with van der Waals surface area (Å²) in [6, 6.07) is -0.712. The second-order valence-corrected chi connectivity index (χ2v) is 5.80. The maximum Gasteiger partial charge on any atom is 0.251 e. The van der Waals surface area contributed by atoms with Crippen molar-refractivity contribution in [2.45, 2.75) is 57.0 Å². The highest BCUT2D eigenvalue weighted by Gasteiger charge is 2.35. The van der Waals surface area contributed by atoms with Gasteiger partial charge in [-0.2, -0.15) is 0 Å². The average Bonchev–Trinajstić information content (AvgIpc) is 2.64. The summed E-state index contributed by atoms with van der Waals surface area (Å²) in [5, 5.41) is 2.79. The Bertz CT molecular complexity index is 410. The van der Waals surface area contributed by atoms with Gasteiger partial charge in [0, 0.05) is 19.5 Å². The lowest BCUT2D eigenvalue weighted by molar-refractivity contribution is -0.149. The SMILES string of the molecule is CN1C(=O)CCC(NC(=O)C2CCCCCC2N)C1=O. The topological polar surface area (TPSA) is 92.5 Å². The molecule has 0 bridgehead atoms. The largest absolute Gasteiger partial charge is 0.344 e. The second-order valence-electron chi connectivity index (χ2n) is 5.80. The highest BCUT2D eigenvalue weighted by Crippen LogP contribution is 2.23. The standard InChI is InChI=1S/C14H23N3O3/c1-17-12(18)8-7-11(14(17)20)16-13(19)9-5-3-2-4-6-10(9)15/h9-11H,2-8,15H2,1H3,(H,16,19). The number of likely N-dealkylation sites (tertiary alicyclic amines) is 1. The van der Waals surface area contributed by atoms with Gasteiger partial charge in [-0.15, -0.1) is 0 Å². The summed E-state index contributed by atoms with van der Waals surface area (Å²) in [6.45, 7) is 0. The van der Waals surface area contributed by atoms with Crippen LogP contribution in [0.1, 0.15) is 44.9 Å². The Labute approximate surface area is 119 Å². The van der Waals surface area contributed by atoms with Crippen molar-refractivity contribution in [2.24, 2.45) is 11.7 Å². The number of likely N-dealkylation sites (N-methyl/N-ethyl adjacent to an activating group) is 1. The summed E-state index contributed by atoms with van der Waals surface area (Å²) in [5.74, 6) is -0.864. The van der Waals surface area contributed by atoms with E-state index in [2.05, 4.69) is 5.32 Å². The van der Waals surface area contributed by atoms with Gasteiger partial charge >= 0.3 is 0 Å². The molecule has 0 spiro atoms. The third-order valence-corrected chi connectivity index (χ3v) is 4.37. The fourth-order valence-corrected chi connectivity index (χ4v) is 2.99. The molecule has 6 nitrogen and oxygen atoms in total. The summed E-state index contributed by atoms with van der Waals surface area (Å²) in [6.07, 6.45) is 5.49. The Kier molecular flexibility index (Phi) is 4.75. The molecule has 2 aliphatic rings. The predicted molar refractivity (Wildman–Crippen MR) is 73.5 cm³/mol. The monoisotopic (exact) mass is 281 g/mol. The highest BCUT2D eigenvalue weighted by molar-refractivity contribution is 6.01. The molecule has 1 heterocycles. The van der Waals surface area contributed by atoms with Crippen LogP contribution in [0.2, 0.25) is 0 Å². The van der Waals surface area contributed by atoms with Gasteiger partial charge in [0.05, 0.1) is 5.92 Å². The van der Waals surface area contributed by atoms with Crippen molar-refractivity contribution in [1.82, 2.24) is 10.2 Å². The van der Waals surface area contributed by atoms with Crippen LogP contribution >= 0.6 is 0 Å². The summed E-state index contributed by atoms with van der Waals surface area (Å²) in [7, 11) is 1.46. The van der Waals surface area contributed by atoms with Crippen molar-refractivity contribution in [3.8, 4) is 0 Å². The number of amides is 3. The molecule has 20 heavy (non-hydrogen) atoms. The number of carbonyl (C=O) groups excluding carboxylic acids is 3. The van der Waals surface area contributed by atoms with E-state index < -0.39 is 6.04 Å².